The van der Waals surface area contributed by atoms with Crippen molar-refractivity contribution in [2.75, 3.05) is 7.11 Å². The van der Waals surface area contributed by atoms with E-state index in [2.05, 4.69) is 0 Å². The Kier molecular flexibility index (Phi) is 6.35. The first-order chi connectivity index (χ1) is 10.4. The lowest BCUT2D eigenvalue weighted by Gasteiger charge is -2.40. The van der Waals surface area contributed by atoms with Gasteiger partial charge in [-0.2, -0.15) is 13.2 Å². The smallest absolute Gasteiger partial charge is 0.417 e. The number of methoxy groups -OCH3 is 1. The second-order valence-electron chi connectivity index (χ2n) is 6.04. The van der Waals surface area contributed by atoms with Crippen LogP contribution >= 0.6 is 11.6 Å². The summed E-state index contributed by atoms with van der Waals surface area (Å²) >= 11 is 5.87. The van der Waals surface area contributed by atoms with E-state index in [9.17, 15) is 13.2 Å². The molecule has 0 aliphatic rings. The van der Waals surface area contributed by atoms with E-state index in [1.807, 2.05) is 27.7 Å². The molecular weight excluding hydrogens is 327 g/mol. The molecule has 1 aromatic carbocycles. The number of hydrogen-bond acceptors (Lipinski definition) is 2. The molecule has 0 spiro atoms. The number of halogens is 4. The summed E-state index contributed by atoms with van der Waals surface area (Å²) in [6.45, 7) is 7.38. The Morgan fingerprint density at radius 3 is 2.22 bits per heavy atom. The van der Waals surface area contributed by atoms with Crippen LogP contribution in [0.3, 0.4) is 0 Å². The lowest BCUT2D eigenvalue weighted by Crippen LogP contribution is -2.49. The third-order valence-electron chi connectivity index (χ3n) is 4.02. The molecule has 0 heterocycles. The fourth-order valence-corrected chi connectivity index (χ4v) is 1.92. The second-order valence-corrected chi connectivity index (χ2v) is 6.44. The summed E-state index contributed by atoms with van der Waals surface area (Å²) in [4.78, 5) is 0. The first-order valence-corrected chi connectivity index (χ1v) is 7.39. The van der Waals surface area contributed by atoms with Crippen molar-refractivity contribution >= 4 is 25.2 Å². The molecule has 7 heteroatoms. The fraction of sp³-hybridized carbons (Fsp3) is 0.500. The third kappa shape index (κ3) is 5.00. The van der Waals surface area contributed by atoms with Crippen LogP contribution in [-0.4, -0.2) is 25.8 Å². The normalized spacial score (nSPS) is 13.6. The largest absolute Gasteiger partial charge is 0.427 e. The lowest BCUT2D eigenvalue weighted by molar-refractivity contribution is -0.137. The van der Waals surface area contributed by atoms with Gasteiger partial charge in [0.05, 0.1) is 16.8 Å². The molecule has 1 rings (SSSR count). The topological polar surface area (TPSA) is 18.5 Å². The quantitative estimate of drug-likeness (QED) is 0.661. The average molecular weight is 348 g/mol. The summed E-state index contributed by atoms with van der Waals surface area (Å²) in [5.41, 5.74) is -2.12. The van der Waals surface area contributed by atoms with E-state index < -0.39 is 22.9 Å². The number of rotatable bonds is 6. The van der Waals surface area contributed by atoms with Crippen LogP contribution in [0.4, 0.5) is 13.2 Å². The summed E-state index contributed by atoms with van der Waals surface area (Å²) in [7, 11) is 2.91. The minimum absolute atomic E-state index is 0.0287. The zero-order chi connectivity index (χ0) is 17.9. The van der Waals surface area contributed by atoms with Crippen molar-refractivity contribution in [1.82, 2.24) is 0 Å². The molecule has 2 nitrogen and oxygen atoms in total. The molecule has 0 amide bonds. The van der Waals surface area contributed by atoms with Crippen LogP contribution in [0.2, 0.25) is 5.02 Å². The van der Waals surface area contributed by atoms with Gasteiger partial charge in [-0.25, -0.2) is 0 Å². The van der Waals surface area contributed by atoms with Crippen LogP contribution < -0.4 is 0 Å². The average Bonchev–Trinajstić information content (AvgIpc) is 2.43. The highest BCUT2D eigenvalue weighted by Crippen LogP contribution is 2.35. The van der Waals surface area contributed by atoms with Gasteiger partial charge in [-0.05, 0) is 39.8 Å². The van der Waals surface area contributed by atoms with E-state index in [-0.39, 0.29) is 10.6 Å². The van der Waals surface area contributed by atoms with Crippen molar-refractivity contribution in [3.8, 4) is 0 Å². The van der Waals surface area contributed by atoms with Gasteiger partial charge in [0.15, 0.2) is 0 Å². The maximum absolute atomic E-state index is 13.0. The summed E-state index contributed by atoms with van der Waals surface area (Å²) < 4.78 is 49.9. The van der Waals surface area contributed by atoms with E-state index in [1.54, 1.807) is 7.11 Å². The SMILES string of the molecule is COC(C)(C)C(C)(C)O[B]/C=C/c1c(Cl)cccc1C(F)(F)F. The summed E-state index contributed by atoms with van der Waals surface area (Å²) in [6, 6.07) is 3.67. The molecule has 23 heavy (non-hydrogen) atoms. The van der Waals surface area contributed by atoms with E-state index >= 15 is 0 Å². The van der Waals surface area contributed by atoms with Crippen LogP contribution in [0.5, 0.6) is 0 Å². The summed E-state index contributed by atoms with van der Waals surface area (Å²) in [5, 5.41) is 0.0287. The van der Waals surface area contributed by atoms with Crippen LogP contribution in [-0.2, 0) is 15.6 Å². The van der Waals surface area contributed by atoms with E-state index in [1.165, 1.54) is 31.7 Å². The van der Waals surface area contributed by atoms with Crippen molar-refractivity contribution in [3.05, 3.63) is 40.3 Å². The maximum Gasteiger partial charge on any atom is 0.417 e. The summed E-state index contributed by atoms with van der Waals surface area (Å²) in [5.74, 6) is 1.39. The van der Waals surface area contributed by atoms with Crippen LogP contribution in [0.15, 0.2) is 24.2 Å². The van der Waals surface area contributed by atoms with Gasteiger partial charge in [0.25, 0.3) is 0 Å². The molecule has 0 aliphatic carbocycles. The molecule has 0 fully saturated rings. The highest BCUT2D eigenvalue weighted by atomic mass is 35.5. The zero-order valence-electron chi connectivity index (χ0n) is 13.8. The molecule has 0 saturated carbocycles. The molecule has 0 atom stereocenters. The third-order valence-corrected chi connectivity index (χ3v) is 4.35. The van der Waals surface area contributed by atoms with Gasteiger partial charge in [-0.3, -0.25) is 0 Å². The molecule has 1 aromatic rings. The maximum atomic E-state index is 13.0. The highest BCUT2D eigenvalue weighted by Gasteiger charge is 2.37. The van der Waals surface area contributed by atoms with Crippen molar-refractivity contribution in [2.24, 2.45) is 0 Å². The molecular formula is C16H20BClF3O2. The van der Waals surface area contributed by atoms with Gasteiger partial charge in [0.1, 0.15) is 0 Å². The molecule has 0 aromatic heterocycles. The predicted octanol–water partition coefficient (Wildman–Crippen LogP) is 5.17. The number of benzene rings is 1. The van der Waals surface area contributed by atoms with Crippen LogP contribution in [0.1, 0.15) is 38.8 Å². The van der Waals surface area contributed by atoms with E-state index in [4.69, 9.17) is 21.0 Å². The Bertz CT molecular complexity index is 569. The van der Waals surface area contributed by atoms with Crippen molar-refractivity contribution in [2.45, 2.75) is 45.1 Å². The van der Waals surface area contributed by atoms with Gasteiger partial charge in [-0.15, -0.1) is 0 Å². The standard InChI is InChI=1S/C16H20BClF3O2/c1-14(2,22-5)15(3,4)23-17-10-9-11-12(16(19,20)21)7-6-8-13(11)18/h6-10H,1-5H3/b10-9+. The van der Waals surface area contributed by atoms with Gasteiger partial charge in [0, 0.05) is 17.7 Å². The number of hydrogen-bond donors (Lipinski definition) is 0. The van der Waals surface area contributed by atoms with Crippen molar-refractivity contribution in [1.29, 1.82) is 0 Å². The Morgan fingerprint density at radius 2 is 1.70 bits per heavy atom. The second kappa shape index (κ2) is 7.28. The molecule has 1 radical (unpaired) electrons. The zero-order valence-corrected chi connectivity index (χ0v) is 14.5. The van der Waals surface area contributed by atoms with Crippen LogP contribution in [0, 0.1) is 0 Å². The Balaban J connectivity index is 2.88. The number of ether oxygens (including phenoxy) is 1. The van der Waals surface area contributed by atoms with Crippen molar-refractivity contribution in [3.63, 3.8) is 0 Å². The minimum atomic E-state index is -4.47. The van der Waals surface area contributed by atoms with Gasteiger partial charge in [0.2, 0.25) is 0 Å². The highest BCUT2D eigenvalue weighted by molar-refractivity contribution is 6.36. The monoisotopic (exact) mass is 347 g/mol. The fourth-order valence-electron chi connectivity index (χ4n) is 1.69. The van der Waals surface area contributed by atoms with Gasteiger partial charge >= 0.3 is 13.7 Å². The predicted molar refractivity (Wildman–Crippen MR) is 87.5 cm³/mol. The lowest BCUT2D eigenvalue weighted by atomic mass is 9.86. The molecule has 0 N–H and O–H groups in total. The molecule has 0 saturated heterocycles. The van der Waals surface area contributed by atoms with Gasteiger partial charge < -0.3 is 9.39 Å². The Labute approximate surface area is 140 Å². The minimum Gasteiger partial charge on any atom is -0.427 e. The van der Waals surface area contributed by atoms with Crippen LogP contribution in [0.25, 0.3) is 6.08 Å². The first-order valence-electron chi connectivity index (χ1n) is 7.01. The molecule has 0 bridgehead atoms. The van der Waals surface area contributed by atoms with E-state index in [0.29, 0.717) is 0 Å². The van der Waals surface area contributed by atoms with E-state index in [0.717, 1.165) is 6.07 Å². The first kappa shape index (κ1) is 20.1. The van der Waals surface area contributed by atoms with Gasteiger partial charge in [-0.1, -0.05) is 29.7 Å². The Hall–Kier alpha value is -0.975. The number of alkyl halides is 3. The molecule has 127 valence electrons. The Morgan fingerprint density at radius 1 is 1.09 bits per heavy atom. The summed E-state index contributed by atoms with van der Waals surface area (Å²) in [6.07, 6.45) is -3.19. The van der Waals surface area contributed by atoms with Crippen molar-refractivity contribution < 1.29 is 22.6 Å². The molecule has 0 unspecified atom stereocenters. The molecule has 0 aliphatic heterocycles.